The van der Waals surface area contributed by atoms with Gasteiger partial charge in [-0.3, -0.25) is 0 Å². The van der Waals surface area contributed by atoms with Crippen LogP contribution in [0.3, 0.4) is 0 Å². The highest BCUT2D eigenvalue weighted by molar-refractivity contribution is 5.89. The van der Waals surface area contributed by atoms with Crippen molar-refractivity contribution in [3.63, 3.8) is 0 Å². The average molecular weight is 396 g/mol. The Morgan fingerprint density at radius 3 is 2.36 bits per heavy atom. The molecule has 2 fully saturated rings. The first-order valence-corrected chi connectivity index (χ1v) is 8.94. The third kappa shape index (κ3) is 3.77. The second-order valence-corrected chi connectivity index (χ2v) is 7.63. The highest BCUT2D eigenvalue weighted by Gasteiger charge is 2.58. The van der Waals surface area contributed by atoms with Gasteiger partial charge in [-0.05, 0) is 17.4 Å². The molecule has 0 aromatic rings. The van der Waals surface area contributed by atoms with E-state index < -0.39 is 53.6 Å². The molecule has 0 amide bonds. The van der Waals surface area contributed by atoms with E-state index in [-0.39, 0.29) is 25.2 Å². The molecule has 6 unspecified atom stereocenters. The molecule has 28 heavy (non-hydrogen) atoms. The lowest BCUT2D eigenvalue weighted by Gasteiger charge is -2.50. The van der Waals surface area contributed by atoms with E-state index in [9.17, 15) is 24.9 Å². The summed E-state index contributed by atoms with van der Waals surface area (Å²) in [6.45, 7) is 12.3. The summed E-state index contributed by atoms with van der Waals surface area (Å²) in [5.74, 6) is -3.17. The molecule has 0 spiro atoms. The Hall–Kier alpha value is -2.00. The third-order valence-electron chi connectivity index (χ3n) is 5.80. The maximum atomic E-state index is 12.5. The van der Waals surface area contributed by atoms with Crippen LogP contribution in [0.25, 0.3) is 0 Å². The summed E-state index contributed by atoms with van der Waals surface area (Å²) in [5, 5.41) is 30.1. The minimum absolute atomic E-state index is 0.0306. The molecule has 1 aliphatic carbocycles. The summed E-state index contributed by atoms with van der Waals surface area (Å²) in [6, 6.07) is 0. The zero-order valence-electron chi connectivity index (χ0n) is 16.2. The van der Waals surface area contributed by atoms with Crippen LogP contribution in [-0.2, 0) is 23.8 Å². The number of rotatable bonds is 8. The Morgan fingerprint density at radius 2 is 1.93 bits per heavy atom. The van der Waals surface area contributed by atoms with Gasteiger partial charge in [0.15, 0.2) is 0 Å². The lowest BCUT2D eigenvalue weighted by Crippen LogP contribution is -2.55. The molecule has 8 heteroatoms. The van der Waals surface area contributed by atoms with E-state index in [2.05, 4.69) is 19.7 Å². The molecule has 2 rings (SSSR count). The van der Waals surface area contributed by atoms with Gasteiger partial charge in [0.05, 0.1) is 39.0 Å². The number of hydrogen-bond donors (Lipinski definition) is 3. The van der Waals surface area contributed by atoms with Crippen molar-refractivity contribution in [1.29, 1.82) is 0 Å². The fourth-order valence-corrected chi connectivity index (χ4v) is 3.94. The molecule has 0 bridgehead atoms. The largest absolute Gasteiger partial charge is 0.466 e. The van der Waals surface area contributed by atoms with E-state index in [1.54, 1.807) is 13.0 Å². The van der Waals surface area contributed by atoms with Crippen molar-refractivity contribution in [2.45, 2.75) is 31.2 Å². The maximum absolute atomic E-state index is 12.5. The molecular formula is C20H28O8. The minimum Gasteiger partial charge on any atom is -0.466 e. The molecule has 2 aliphatic rings. The van der Waals surface area contributed by atoms with Gasteiger partial charge in [0, 0.05) is 11.5 Å². The predicted molar refractivity (Wildman–Crippen MR) is 98.9 cm³/mol. The van der Waals surface area contributed by atoms with Gasteiger partial charge in [0.2, 0.25) is 5.60 Å². The zero-order chi connectivity index (χ0) is 21.3. The standard InChI is InChI=1S/C20H28O8/c1-6-19(4)7-13(28-18(25)20(9-22)10-27-20)14(12(3)17(24)26-5)16(23)15(19)11(2)8-21/h6,13-16,21-23H,1-3,7-10H2,4-5H3. The topological polar surface area (TPSA) is 126 Å². The first-order valence-electron chi connectivity index (χ1n) is 8.94. The Balaban J connectivity index is 2.43. The van der Waals surface area contributed by atoms with Crippen LogP contribution in [0.15, 0.2) is 37.0 Å². The van der Waals surface area contributed by atoms with E-state index in [0.717, 1.165) is 0 Å². The lowest BCUT2D eigenvalue weighted by molar-refractivity contribution is -0.172. The molecule has 3 N–H and O–H groups in total. The van der Waals surface area contributed by atoms with Crippen LogP contribution < -0.4 is 0 Å². The molecule has 8 nitrogen and oxygen atoms in total. The average Bonchev–Trinajstić information content (AvgIpc) is 3.47. The predicted octanol–water partition coefficient (Wildman–Crippen LogP) is 0.126. The first-order chi connectivity index (χ1) is 13.1. The molecule has 6 atom stereocenters. The molecule has 0 aromatic carbocycles. The van der Waals surface area contributed by atoms with Crippen molar-refractivity contribution >= 4 is 11.9 Å². The van der Waals surface area contributed by atoms with Gasteiger partial charge in [-0.1, -0.05) is 26.2 Å². The minimum atomic E-state index is -1.40. The Morgan fingerprint density at radius 1 is 1.32 bits per heavy atom. The van der Waals surface area contributed by atoms with Crippen molar-refractivity contribution in [3.05, 3.63) is 37.0 Å². The second-order valence-electron chi connectivity index (χ2n) is 7.63. The molecule has 1 saturated carbocycles. The van der Waals surface area contributed by atoms with E-state index in [0.29, 0.717) is 5.57 Å². The van der Waals surface area contributed by atoms with E-state index >= 15 is 0 Å². The van der Waals surface area contributed by atoms with Crippen LogP contribution >= 0.6 is 0 Å². The lowest BCUT2D eigenvalue weighted by atomic mass is 9.58. The summed E-state index contributed by atoms with van der Waals surface area (Å²) >= 11 is 0. The Labute approximate surface area is 164 Å². The van der Waals surface area contributed by atoms with Crippen LogP contribution in [0.5, 0.6) is 0 Å². The SMILES string of the molecule is C=CC1(C)CC(OC(=O)C2(CO)CO2)C(C(=C)C(=O)OC)C(O)C1C(=C)CO. The van der Waals surface area contributed by atoms with Crippen molar-refractivity contribution in [3.8, 4) is 0 Å². The first kappa shape index (κ1) is 22.3. The number of carbonyl (C=O) groups excluding carboxylic acids is 2. The number of aliphatic hydroxyl groups excluding tert-OH is 3. The summed E-state index contributed by atoms with van der Waals surface area (Å²) in [7, 11) is 1.18. The number of hydrogen-bond acceptors (Lipinski definition) is 8. The number of ether oxygens (including phenoxy) is 3. The van der Waals surface area contributed by atoms with Gasteiger partial charge in [0.1, 0.15) is 6.10 Å². The van der Waals surface area contributed by atoms with Gasteiger partial charge in [-0.2, -0.15) is 0 Å². The van der Waals surface area contributed by atoms with Gasteiger partial charge < -0.3 is 29.5 Å². The van der Waals surface area contributed by atoms with Gasteiger partial charge in [0.25, 0.3) is 0 Å². The zero-order valence-corrected chi connectivity index (χ0v) is 16.2. The summed E-state index contributed by atoms with van der Waals surface area (Å²) in [5.41, 5.74) is -1.89. The highest BCUT2D eigenvalue weighted by Crippen LogP contribution is 2.50. The fourth-order valence-electron chi connectivity index (χ4n) is 3.94. The normalized spacial score (nSPS) is 36.9. The van der Waals surface area contributed by atoms with Gasteiger partial charge >= 0.3 is 11.9 Å². The van der Waals surface area contributed by atoms with Gasteiger partial charge in [-0.15, -0.1) is 6.58 Å². The fraction of sp³-hybridized carbons (Fsp3) is 0.600. The highest BCUT2D eigenvalue weighted by atomic mass is 16.7. The quantitative estimate of drug-likeness (QED) is 0.229. The molecule has 156 valence electrons. The monoisotopic (exact) mass is 396 g/mol. The van der Waals surface area contributed by atoms with E-state index in [4.69, 9.17) is 14.2 Å². The molecule has 1 aliphatic heterocycles. The number of epoxide rings is 1. The van der Waals surface area contributed by atoms with Crippen molar-refractivity contribution in [2.24, 2.45) is 17.3 Å². The van der Waals surface area contributed by atoms with Crippen molar-refractivity contribution in [1.82, 2.24) is 0 Å². The maximum Gasteiger partial charge on any atom is 0.343 e. The summed E-state index contributed by atoms with van der Waals surface area (Å²) in [6.07, 6.45) is -0.404. The molecule has 1 heterocycles. The number of allylic oxidation sites excluding steroid dienone is 1. The van der Waals surface area contributed by atoms with Crippen LogP contribution in [0, 0.1) is 17.3 Å². The molecule has 0 aromatic heterocycles. The molecule has 1 saturated heterocycles. The number of esters is 2. The van der Waals surface area contributed by atoms with Crippen LogP contribution in [-0.4, -0.2) is 72.0 Å². The second kappa shape index (κ2) is 8.16. The van der Waals surface area contributed by atoms with E-state index in [1.165, 1.54) is 7.11 Å². The summed E-state index contributed by atoms with van der Waals surface area (Å²) < 4.78 is 15.3. The Kier molecular flexibility index (Phi) is 6.50. The van der Waals surface area contributed by atoms with E-state index in [1.807, 2.05) is 0 Å². The van der Waals surface area contributed by atoms with Crippen LogP contribution in [0.4, 0.5) is 0 Å². The molecular weight excluding hydrogens is 368 g/mol. The van der Waals surface area contributed by atoms with Crippen LogP contribution in [0.2, 0.25) is 0 Å². The number of carbonyl (C=O) groups is 2. The van der Waals surface area contributed by atoms with Crippen molar-refractivity contribution in [2.75, 3.05) is 26.9 Å². The molecule has 0 radical (unpaired) electrons. The smallest absolute Gasteiger partial charge is 0.343 e. The number of methoxy groups -OCH3 is 1. The summed E-state index contributed by atoms with van der Waals surface area (Å²) in [4.78, 5) is 24.6. The van der Waals surface area contributed by atoms with Gasteiger partial charge in [-0.25, -0.2) is 9.59 Å². The van der Waals surface area contributed by atoms with Crippen LogP contribution in [0.1, 0.15) is 13.3 Å². The third-order valence-corrected chi connectivity index (χ3v) is 5.80. The van der Waals surface area contributed by atoms with Crippen molar-refractivity contribution < 1.29 is 39.1 Å². The Bertz CT molecular complexity index is 680. The number of aliphatic hydroxyl groups is 3.